The molecule has 2 unspecified atom stereocenters. The van der Waals surface area contributed by atoms with Crippen LogP contribution in [0.15, 0.2) is 47.4 Å². The van der Waals surface area contributed by atoms with E-state index in [1.54, 1.807) is 36.4 Å². The summed E-state index contributed by atoms with van der Waals surface area (Å²) in [6, 6.07) is 10.5. The van der Waals surface area contributed by atoms with E-state index in [0.717, 1.165) is 16.6 Å². The van der Waals surface area contributed by atoms with Crippen molar-refractivity contribution >= 4 is 39.4 Å². The van der Waals surface area contributed by atoms with Gasteiger partial charge in [0.05, 0.1) is 23.4 Å². The fourth-order valence-corrected chi connectivity index (χ4v) is 3.58. The smallest absolute Gasteiger partial charge is 0.295 e. The van der Waals surface area contributed by atoms with E-state index in [0.29, 0.717) is 16.7 Å². The van der Waals surface area contributed by atoms with E-state index in [4.69, 9.17) is 4.63 Å². The second-order valence-corrected chi connectivity index (χ2v) is 6.39. The van der Waals surface area contributed by atoms with Crippen molar-refractivity contribution in [3.63, 3.8) is 0 Å². The van der Waals surface area contributed by atoms with E-state index >= 15 is 0 Å². The van der Waals surface area contributed by atoms with Crippen LogP contribution in [0.2, 0.25) is 0 Å². The second kappa shape index (κ2) is 5.22. The molecule has 1 N–H and O–H groups in total. The zero-order valence-electron chi connectivity index (χ0n) is 13.7. The molecule has 3 heterocycles. The van der Waals surface area contributed by atoms with Gasteiger partial charge in [0.25, 0.3) is 5.91 Å². The quantitative estimate of drug-likeness (QED) is 0.558. The minimum Gasteiger partial charge on any atom is -0.345 e. The first-order valence-corrected chi connectivity index (χ1v) is 8.16. The molecule has 0 aliphatic carbocycles. The molecule has 1 aliphatic heterocycles. The lowest BCUT2D eigenvalue weighted by molar-refractivity contribution is -0.135. The molecule has 8 nitrogen and oxygen atoms in total. The fourth-order valence-electron chi connectivity index (χ4n) is 3.58. The van der Waals surface area contributed by atoms with Crippen LogP contribution >= 0.6 is 0 Å². The highest BCUT2D eigenvalue weighted by Crippen LogP contribution is 2.40. The van der Waals surface area contributed by atoms with Gasteiger partial charge in [-0.1, -0.05) is 13.0 Å². The number of aromatic amines is 1. The van der Waals surface area contributed by atoms with E-state index in [9.17, 15) is 9.59 Å². The first-order valence-electron chi connectivity index (χ1n) is 8.16. The van der Waals surface area contributed by atoms with Crippen LogP contribution in [0.25, 0.3) is 22.1 Å². The van der Waals surface area contributed by atoms with Crippen molar-refractivity contribution in [2.75, 3.05) is 4.90 Å². The summed E-state index contributed by atoms with van der Waals surface area (Å²) >= 11 is 0. The minimum atomic E-state index is -0.514. The Morgan fingerprint density at radius 2 is 1.85 bits per heavy atom. The molecule has 0 saturated carbocycles. The van der Waals surface area contributed by atoms with Gasteiger partial charge in [0.1, 0.15) is 11.0 Å². The Labute approximate surface area is 146 Å². The van der Waals surface area contributed by atoms with Gasteiger partial charge in [0.2, 0.25) is 5.78 Å². The van der Waals surface area contributed by atoms with E-state index < -0.39 is 23.7 Å². The number of fused-ring (bicyclic) bond motifs is 2. The molecule has 0 spiro atoms. The highest BCUT2D eigenvalue weighted by Gasteiger charge is 2.46. The molecule has 128 valence electrons. The number of H-pyrrole nitrogens is 1. The Kier molecular flexibility index (Phi) is 2.96. The number of ketones is 1. The molecular formula is C18H13N5O3. The van der Waals surface area contributed by atoms with Gasteiger partial charge in [-0.2, -0.15) is 0 Å². The zero-order chi connectivity index (χ0) is 17.8. The van der Waals surface area contributed by atoms with E-state index in [1.165, 1.54) is 0 Å². The third-order valence-electron chi connectivity index (χ3n) is 4.90. The molecule has 2 atom stereocenters. The largest absolute Gasteiger partial charge is 0.345 e. The molecule has 1 aliphatic rings. The van der Waals surface area contributed by atoms with Crippen LogP contribution in [0.4, 0.5) is 5.69 Å². The molecule has 26 heavy (non-hydrogen) atoms. The maximum Gasteiger partial charge on any atom is 0.295 e. The Morgan fingerprint density at radius 1 is 1.04 bits per heavy atom. The van der Waals surface area contributed by atoms with Crippen molar-refractivity contribution in [3.05, 3.63) is 48.3 Å². The number of amides is 1. The van der Waals surface area contributed by atoms with Crippen molar-refractivity contribution in [3.8, 4) is 0 Å². The van der Waals surface area contributed by atoms with Crippen molar-refractivity contribution < 1.29 is 14.2 Å². The van der Waals surface area contributed by atoms with Crippen molar-refractivity contribution in [1.82, 2.24) is 20.3 Å². The maximum absolute atomic E-state index is 12.7. The molecule has 2 aromatic heterocycles. The minimum absolute atomic E-state index is 0.405. The topological polar surface area (TPSA) is 105 Å². The van der Waals surface area contributed by atoms with Crippen LogP contribution in [0.3, 0.4) is 0 Å². The fraction of sp³-hybridized carbons (Fsp3) is 0.167. The number of nitrogens with one attached hydrogen (secondary N) is 1. The lowest BCUT2D eigenvalue weighted by atomic mass is 9.94. The van der Waals surface area contributed by atoms with E-state index in [2.05, 4.69) is 20.3 Å². The van der Waals surface area contributed by atoms with Crippen LogP contribution in [0.1, 0.15) is 18.5 Å². The summed E-state index contributed by atoms with van der Waals surface area (Å²) in [4.78, 5) is 33.9. The molecule has 1 amide bonds. The van der Waals surface area contributed by atoms with Gasteiger partial charge in [-0.25, -0.2) is 9.61 Å². The third kappa shape index (κ3) is 1.98. The first kappa shape index (κ1) is 14.8. The number of carbonyl (C=O) groups excluding carboxylic acids is 2. The highest BCUT2D eigenvalue weighted by molar-refractivity contribution is 6.44. The maximum atomic E-state index is 12.7. The van der Waals surface area contributed by atoms with Gasteiger partial charge in [-0.05, 0) is 46.2 Å². The normalized spacial score (nSPS) is 20.6. The average molecular weight is 347 g/mol. The Hall–Kier alpha value is -3.55. The Morgan fingerprint density at radius 3 is 2.73 bits per heavy atom. The SMILES string of the molecule is CC1C(=O)C(=O)N(c2ccc3nc[nH]c3c2)C1c1ccc2nonc2c1. The summed E-state index contributed by atoms with van der Waals surface area (Å²) in [5.74, 6) is -1.39. The molecule has 0 radical (unpaired) electrons. The second-order valence-electron chi connectivity index (χ2n) is 6.39. The number of nitrogens with zero attached hydrogens (tertiary/aromatic N) is 4. The Bertz CT molecular complexity index is 1180. The van der Waals surface area contributed by atoms with Crippen LogP contribution in [0, 0.1) is 5.92 Å². The number of hydrogen-bond acceptors (Lipinski definition) is 6. The molecule has 5 rings (SSSR count). The van der Waals surface area contributed by atoms with Crippen LogP contribution in [0.5, 0.6) is 0 Å². The lowest BCUT2D eigenvalue weighted by Gasteiger charge is -2.26. The number of anilines is 1. The average Bonchev–Trinajstić information content (AvgIpc) is 3.35. The number of benzene rings is 2. The van der Waals surface area contributed by atoms with Crippen LogP contribution in [-0.2, 0) is 9.59 Å². The summed E-state index contributed by atoms with van der Waals surface area (Å²) in [5, 5.41) is 7.65. The van der Waals surface area contributed by atoms with Crippen LogP contribution < -0.4 is 4.90 Å². The molecule has 4 aromatic rings. The Balaban J connectivity index is 1.67. The summed E-state index contributed by atoms with van der Waals surface area (Å²) in [5.41, 5.74) is 4.27. The molecule has 2 aromatic carbocycles. The van der Waals surface area contributed by atoms with Gasteiger partial charge in [0.15, 0.2) is 0 Å². The summed E-state index contributed by atoms with van der Waals surface area (Å²) in [7, 11) is 0. The summed E-state index contributed by atoms with van der Waals surface area (Å²) in [6.07, 6.45) is 1.59. The number of Topliss-reactive ketones (excluding diaryl/α,β-unsaturated/α-hetero) is 1. The number of aromatic nitrogens is 4. The van der Waals surface area contributed by atoms with Crippen molar-refractivity contribution in [2.24, 2.45) is 5.92 Å². The first-order chi connectivity index (χ1) is 12.6. The van der Waals surface area contributed by atoms with Gasteiger partial charge >= 0.3 is 0 Å². The predicted molar refractivity (Wildman–Crippen MR) is 92.3 cm³/mol. The van der Waals surface area contributed by atoms with E-state index in [1.807, 2.05) is 18.2 Å². The standard InChI is InChI=1S/C18H13N5O3/c1-9-16(10-2-4-13-15(6-10)22-26-21-13)23(18(25)17(9)24)11-3-5-12-14(7-11)20-8-19-12/h2-9,16H,1H3,(H,19,20). The molecule has 0 bridgehead atoms. The third-order valence-corrected chi connectivity index (χ3v) is 4.90. The molecule has 8 heteroatoms. The van der Waals surface area contributed by atoms with Crippen molar-refractivity contribution in [2.45, 2.75) is 13.0 Å². The summed E-state index contributed by atoms with van der Waals surface area (Å²) < 4.78 is 4.74. The van der Waals surface area contributed by atoms with Gasteiger partial charge < -0.3 is 4.98 Å². The number of hydrogen-bond donors (Lipinski definition) is 1. The molecule has 1 saturated heterocycles. The summed E-state index contributed by atoms with van der Waals surface area (Å²) in [6.45, 7) is 1.77. The zero-order valence-corrected chi connectivity index (χ0v) is 13.7. The monoisotopic (exact) mass is 347 g/mol. The highest BCUT2D eigenvalue weighted by atomic mass is 16.6. The predicted octanol–water partition coefficient (Wildman–Crippen LogP) is 2.39. The molecule has 1 fully saturated rings. The lowest BCUT2D eigenvalue weighted by Crippen LogP contribution is -2.29. The van der Waals surface area contributed by atoms with Gasteiger partial charge in [0, 0.05) is 11.6 Å². The number of carbonyl (C=O) groups is 2. The van der Waals surface area contributed by atoms with Gasteiger partial charge in [-0.15, -0.1) is 0 Å². The van der Waals surface area contributed by atoms with Gasteiger partial charge in [-0.3, -0.25) is 14.5 Å². The van der Waals surface area contributed by atoms with E-state index in [-0.39, 0.29) is 0 Å². The number of rotatable bonds is 2. The van der Waals surface area contributed by atoms with Crippen molar-refractivity contribution in [1.29, 1.82) is 0 Å². The number of imidazole rings is 1. The van der Waals surface area contributed by atoms with Crippen LogP contribution in [-0.4, -0.2) is 32.0 Å². The molecular weight excluding hydrogens is 334 g/mol.